The van der Waals surface area contributed by atoms with E-state index in [2.05, 4.69) is 11.8 Å². The number of ether oxygens (including phenoxy) is 1. The first-order chi connectivity index (χ1) is 15.8. The molecule has 0 bridgehead atoms. The summed E-state index contributed by atoms with van der Waals surface area (Å²) in [5.74, 6) is 3.89. The smallest absolute Gasteiger partial charge is 0.222 e. The highest BCUT2D eigenvalue weighted by atomic mass is 35.5. The molecule has 1 fully saturated rings. The fourth-order valence-corrected chi connectivity index (χ4v) is 4.50. The van der Waals surface area contributed by atoms with Crippen LogP contribution in [0, 0.1) is 11.8 Å². The topological polar surface area (TPSA) is 110 Å². The minimum Gasteiger partial charge on any atom is -0.394 e. The average Bonchev–Trinajstić information content (AvgIpc) is 3.35. The summed E-state index contributed by atoms with van der Waals surface area (Å²) in [6, 6.07) is 14.3. The predicted octanol–water partition coefficient (Wildman–Crippen LogP) is 2.01. The van der Waals surface area contributed by atoms with E-state index in [1.54, 1.807) is 23.5 Å². The number of thiophene rings is 1. The summed E-state index contributed by atoms with van der Waals surface area (Å²) < 4.78 is 5.41. The molecule has 2 aromatic carbocycles. The lowest BCUT2D eigenvalue weighted by Gasteiger charge is -2.45. The quantitative estimate of drug-likeness (QED) is 0.361. The van der Waals surface area contributed by atoms with Gasteiger partial charge in [-0.05, 0) is 53.3 Å². The number of aliphatic hydroxyl groups is 5. The molecule has 1 aliphatic heterocycles. The van der Waals surface area contributed by atoms with Crippen molar-refractivity contribution >= 4 is 22.9 Å². The third-order valence-electron chi connectivity index (χ3n) is 5.65. The Morgan fingerprint density at radius 2 is 1.70 bits per heavy atom. The van der Waals surface area contributed by atoms with Crippen molar-refractivity contribution in [3.8, 4) is 11.8 Å². The molecule has 0 spiro atoms. The van der Waals surface area contributed by atoms with Crippen LogP contribution in [0.15, 0.2) is 59.3 Å². The molecule has 172 valence electrons. The second-order valence-electron chi connectivity index (χ2n) is 7.90. The van der Waals surface area contributed by atoms with Crippen LogP contribution in [0.5, 0.6) is 0 Å². The van der Waals surface area contributed by atoms with Crippen LogP contribution < -0.4 is 0 Å². The largest absolute Gasteiger partial charge is 0.394 e. The molecule has 6 nitrogen and oxygen atoms in total. The molecule has 3 aromatic rings. The van der Waals surface area contributed by atoms with E-state index in [9.17, 15) is 25.5 Å². The van der Waals surface area contributed by atoms with Crippen molar-refractivity contribution < 1.29 is 30.3 Å². The summed E-state index contributed by atoms with van der Waals surface area (Å²) in [4.78, 5) is 0. The van der Waals surface area contributed by atoms with Crippen LogP contribution in [-0.4, -0.2) is 56.6 Å². The summed E-state index contributed by atoms with van der Waals surface area (Å²) >= 11 is 7.97. The molecule has 2 heterocycles. The summed E-state index contributed by atoms with van der Waals surface area (Å²) in [6.07, 6.45) is -5.91. The van der Waals surface area contributed by atoms with Crippen LogP contribution in [0.1, 0.15) is 27.8 Å². The zero-order valence-corrected chi connectivity index (χ0v) is 19.0. The Balaban J connectivity index is 1.56. The zero-order chi connectivity index (χ0) is 23.6. The standard InChI is InChI=1S/C25H23ClO6S/c26-20-8-7-19(25(31)24(30)23(29)22(28)21(13-27)32-25)12-18(20)11-16-4-1-15(2-5-16)3-6-17-9-10-33-14-17/h1-2,4-5,7-10,12,14,21-24,27-31H,11,13H2/t21-,22-,23+,24-,25+/m1/s1. The van der Waals surface area contributed by atoms with Crippen molar-refractivity contribution in [2.24, 2.45) is 0 Å². The predicted molar refractivity (Wildman–Crippen MR) is 125 cm³/mol. The van der Waals surface area contributed by atoms with Gasteiger partial charge in [-0.2, -0.15) is 11.3 Å². The lowest BCUT2D eigenvalue weighted by atomic mass is 9.87. The summed E-state index contributed by atoms with van der Waals surface area (Å²) in [7, 11) is 0. The van der Waals surface area contributed by atoms with Crippen molar-refractivity contribution in [3.63, 3.8) is 0 Å². The van der Waals surface area contributed by atoms with Crippen molar-refractivity contribution in [3.05, 3.63) is 92.1 Å². The molecular weight excluding hydrogens is 464 g/mol. The Kier molecular flexibility index (Phi) is 7.19. The number of aliphatic hydroxyl groups excluding tert-OH is 4. The highest BCUT2D eigenvalue weighted by Gasteiger charge is 2.53. The van der Waals surface area contributed by atoms with E-state index in [0.29, 0.717) is 17.0 Å². The first-order valence-corrected chi connectivity index (χ1v) is 11.6. The molecule has 5 atom stereocenters. The summed E-state index contributed by atoms with van der Waals surface area (Å²) in [5.41, 5.74) is 3.61. The number of benzene rings is 2. The second-order valence-corrected chi connectivity index (χ2v) is 9.09. The maximum atomic E-state index is 11.0. The van der Waals surface area contributed by atoms with E-state index in [1.165, 1.54) is 6.07 Å². The van der Waals surface area contributed by atoms with Gasteiger partial charge >= 0.3 is 0 Å². The first kappa shape index (κ1) is 23.9. The van der Waals surface area contributed by atoms with Gasteiger partial charge in [-0.15, -0.1) is 0 Å². The Hall–Kier alpha value is -2.25. The molecule has 5 N–H and O–H groups in total. The molecule has 33 heavy (non-hydrogen) atoms. The zero-order valence-electron chi connectivity index (χ0n) is 17.4. The Morgan fingerprint density at radius 3 is 2.36 bits per heavy atom. The van der Waals surface area contributed by atoms with Crippen molar-refractivity contribution in [2.75, 3.05) is 6.61 Å². The number of halogens is 1. The van der Waals surface area contributed by atoms with Crippen LogP contribution in [-0.2, 0) is 16.9 Å². The van der Waals surface area contributed by atoms with Gasteiger partial charge in [0.15, 0.2) is 0 Å². The summed E-state index contributed by atoms with van der Waals surface area (Å²) in [5, 5.41) is 55.4. The molecule has 1 aliphatic rings. The van der Waals surface area contributed by atoms with Crippen molar-refractivity contribution in [2.45, 2.75) is 36.6 Å². The van der Waals surface area contributed by atoms with Gasteiger partial charge in [0.1, 0.15) is 24.4 Å². The highest BCUT2D eigenvalue weighted by Crippen LogP contribution is 2.37. The lowest BCUT2D eigenvalue weighted by Crippen LogP contribution is -2.63. The van der Waals surface area contributed by atoms with E-state index in [1.807, 2.05) is 41.1 Å². The van der Waals surface area contributed by atoms with Crippen molar-refractivity contribution in [1.29, 1.82) is 0 Å². The number of rotatable bonds is 4. The van der Waals surface area contributed by atoms with Gasteiger partial charge in [0.05, 0.1) is 6.61 Å². The van der Waals surface area contributed by atoms with Gasteiger partial charge in [0.2, 0.25) is 5.79 Å². The Morgan fingerprint density at radius 1 is 0.970 bits per heavy atom. The normalized spacial score (nSPS) is 27.1. The Labute approximate surface area is 200 Å². The van der Waals surface area contributed by atoms with Gasteiger partial charge < -0.3 is 30.3 Å². The molecular formula is C25H23ClO6S. The van der Waals surface area contributed by atoms with Gasteiger partial charge in [0.25, 0.3) is 0 Å². The monoisotopic (exact) mass is 486 g/mol. The minimum absolute atomic E-state index is 0.150. The van der Waals surface area contributed by atoms with E-state index >= 15 is 0 Å². The van der Waals surface area contributed by atoms with Crippen molar-refractivity contribution in [1.82, 2.24) is 0 Å². The van der Waals surface area contributed by atoms with Gasteiger partial charge in [0, 0.05) is 27.1 Å². The second kappa shape index (κ2) is 9.94. The lowest BCUT2D eigenvalue weighted by molar-refractivity contribution is -0.357. The molecule has 1 saturated heterocycles. The molecule has 1 aromatic heterocycles. The van der Waals surface area contributed by atoms with Gasteiger partial charge in [-0.25, -0.2) is 0 Å². The maximum Gasteiger partial charge on any atom is 0.222 e. The van der Waals surface area contributed by atoms with E-state index in [0.717, 1.165) is 16.7 Å². The van der Waals surface area contributed by atoms with E-state index in [-0.39, 0.29) is 5.56 Å². The van der Waals surface area contributed by atoms with Crippen LogP contribution in [0.25, 0.3) is 0 Å². The fourth-order valence-electron chi connectivity index (χ4n) is 3.73. The van der Waals surface area contributed by atoms with Crippen LogP contribution in [0.3, 0.4) is 0 Å². The highest BCUT2D eigenvalue weighted by molar-refractivity contribution is 7.08. The molecule has 0 radical (unpaired) electrons. The minimum atomic E-state index is -2.33. The van der Waals surface area contributed by atoms with Gasteiger partial charge in [-0.1, -0.05) is 41.6 Å². The number of hydrogen-bond donors (Lipinski definition) is 5. The van der Waals surface area contributed by atoms with E-state index in [4.69, 9.17) is 16.3 Å². The molecule has 0 unspecified atom stereocenters. The fraction of sp³-hybridized carbons (Fsp3) is 0.280. The third-order valence-corrected chi connectivity index (χ3v) is 6.70. The Bertz CT molecular complexity index is 1150. The molecule has 4 rings (SSSR count). The SMILES string of the molecule is OC[C@H]1O[C@@](O)(c2ccc(Cl)c(Cc3ccc(C#Cc4ccsc4)cc3)c2)[C@H](O)[C@@H](O)[C@@H]1O. The average molecular weight is 487 g/mol. The number of hydrogen-bond acceptors (Lipinski definition) is 7. The molecule has 0 amide bonds. The first-order valence-electron chi connectivity index (χ1n) is 10.3. The molecule has 8 heteroatoms. The van der Waals surface area contributed by atoms with Gasteiger partial charge in [-0.3, -0.25) is 0 Å². The van der Waals surface area contributed by atoms with Crippen LogP contribution >= 0.6 is 22.9 Å². The van der Waals surface area contributed by atoms with Crippen LogP contribution in [0.2, 0.25) is 5.02 Å². The van der Waals surface area contributed by atoms with E-state index < -0.39 is 36.8 Å². The molecule has 0 aliphatic carbocycles. The van der Waals surface area contributed by atoms with Crippen LogP contribution in [0.4, 0.5) is 0 Å². The maximum absolute atomic E-state index is 11.0. The third kappa shape index (κ3) is 4.99. The summed E-state index contributed by atoms with van der Waals surface area (Å²) in [6.45, 7) is -0.643. The molecule has 0 saturated carbocycles.